The number of rotatable bonds is 2. The van der Waals surface area contributed by atoms with Gasteiger partial charge in [-0.05, 0) is 37.8 Å². The van der Waals surface area contributed by atoms with Gasteiger partial charge in [0.05, 0.1) is 4.92 Å². The van der Waals surface area contributed by atoms with Gasteiger partial charge in [-0.25, -0.2) is 4.99 Å². The molecule has 0 amide bonds. The predicted molar refractivity (Wildman–Crippen MR) is 89.6 cm³/mol. The average molecular weight is 337 g/mol. The fraction of sp³-hybridized carbons (Fsp3) is 0.429. The molecule has 1 heterocycles. The van der Waals surface area contributed by atoms with Crippen LogP contribution in [0.15, 0.2) is 28.2 Å². The van der Waals surface area contributed by atoms with E-state index in [0.29, 0.717) is 5.69 Å². The lowest BCUT2D eigenvalue weighted by Crippen LogP contribution is -2.58. The third kappa shape index (κ3) is 2.70. The highest BCUT2D eigenvalue weighted by molar-refractivity contribution is 6.33. The molecule has 4 N–H and O–H groups in total. The van der Waals surface area contributed by atoms with Crippen LogP contribution in [0.1, 0.15) is 32.1 Å². The van der Waals surface area contributed by atoms with Crippen LogP contribution in [-0.4, -0.2) is 22.5 Å². The van der Waals surface area contributed by atoms with Crippen molar-refractivity contribution in [3.8, 4) is 0 Å². The molecule has 1 aromatic carbocycles. The van der Waals surface area contributed by atoms with Crippen molar-refractivity contribution in [1.82, 2.24) is 0 Å². The predicted octanol–water partition coefficient (Wildman–Crippen LogP) is 2.36. The second-order valence-corrected chi connectivity index (χ2v) is 6.12. The van der Waals surface area contributed by atoms with Crippen LogP contribution in [0.25, 0.3) is 0 Å². The highest BCUT2D eigenvalue weighted by atomic mass is 35.5. The second-order valence-electron chi connectivity index (χ2n) is 5.71. The van der Waals surface area contributed by atoms with Crippen molar-refractivity contribution < 1.29 is 4.92 Å². The maximum absolute atomic E-state index is 10.9. The summed E-state index contributed by atoms with van der Waals surface area (Å²) < 4.78 is 0. The Bertz CT molecular complexity index is 711. The van der Waals surface area contributed by atoms with Crippen LogP contribution >= 0.6 is 11.6 Å². The van der Waals surface area contributed by atoms with Gasteiger partial charge in [0, 0.05) is 11.8 Å². The summed E-state index contributed by atoms with van der Waals surface area (Å²) in [4.78, 5) is 20.8. The van der Waals surface area contributed by atoms with Gasteiger partial charge in [0.1, 0.15) is 10.7 Å². The number of hydrogen-bond donors (Lipinski definition) is 2. The topological polar surface area (TPSA) is 123 Å². The van der Waals surface area contributed by atoms with E-state index in [0.717, 1.165) is 32.1 Å². The number of nitrogens with zero attached hydrogens (tertiary/aromatic N) is 4. The van der Waals surface area contributed by atoms with Crippen LogP contribution < -0.4 is 16.4 Å². The molecule has 3 rings (SSSR count). The largest absolute Gasteiger partial charge is 0.369 e. The number of guanidine groups is 2. The molecule has 0 aromatic heterocycles. The fourth-order valence-corrected chi connectivity index (χ4v) is 3.52. The molecule has 1 fully saturated rings. The summed E-state index contributed by atoms with van der Waals surface area (Å²) in [6.07, 6.45) is 4.71. The summed E-state index contributed by atoms with van der Waals surface area (Å²) in [5.74, 6) is 0.387. The van der Waals surface area contributed by atoms with Gasteiger partial charge < -0.3 is 11.5 Å². The van der Waals surface area contributed by atoms with E-state index < -0.39 is 10.6 Å². The van der Waals surface area contributed by atoms with Crippen LogP contribution in [0.5, 0.6) is 0 Å². The summed E-state index contributed by atoms with van der Waals surface area (Å²) in [5.41, 5.74) is 11.8. The quantitative estimate of drug-likeness (QED) is 0.633. The number of aliphatic imine (C=N–C) groups is 2. The van der Waals surface area contributed by atoms with Crippen LogP contribution in [0, 0.1) is 10.1 Å². The zero-order valence-electron chi connectivity index (χ0n) is 12.4. The van der Waals surface area contributed by atoms with Gasteiger partial charge in [-0.3, -0.25) is 15.0 Å². The van der Waals surface area contributed by atoms with Crippen LogP contribution in [0.2, 0.25) is 5.02 Å². The van der Waals surface area contributed by atoms with Crippen LogP contribution in [-0.2, 0) is 0 Å². The number of hydrogen-bond acceptors (Lipinski definition) is 7. The molecule has 0 atom stereocenters. The Morgan fingerprint density at radius 3 is 2.57 bits per heavy atom. The number of nitro groups is 1. The van der Waals surface area contributed by atoms with E-state index in [-0.39, 0.29) is 22.6 Å². The average Bonchev–Trinajstić information content (AvgIpc) is 2.46. The van der Waals surface area contributed by atoms with Gasteiger partial charge in [0.2, 0.25) is 11.9 Å². The number of nitro benzene ring substituents is 1. The summed E-state index contributed by atoms with van der Waals surface area (Å²) >= 11 is 6.04. The van der Waals surface area contributed by atoms with E-state index in [2.05, 4.69) is 9.98 Å². The Balaban J connectivity index is 2.07. The highest BCUT2D eigenvalue weighted by Gasteiger charge is 2.42. The maximum atomic E-state index is 10.9. The van der Waals surface area contributed by atoms with Gasteiger partial charge >= 0.3 is 0 Å². The Hall–Kier alpha value is -2.35. The Morgan fingerprint density at radius 1 is 1.26 bits per heavy atom. The summed E-state index contributed by atoms with van der Waals surface area (Å²) in [5, 5.41) is 11.0. The molecule has 1 spiro atoms. The molecule has 0 radical (unpaired) electrons. The molecule has 1 aliphatic carbocycles. The second kappa shape index (κ2) is 5.69. The molecule has 1 aromatic rings. The third-order valence-electron chi connectivity index (χ3n) is 4.24. The van der Waals surface area contributed by atoms with E-state index in [1.807, 2.05) is 0 Å². The summed E-state index contributed by atoms with van der Waals surface area (Å²) in [7, 11) is 0. The summed E-state index contributed by atoms with van der Waals surface area (Å²) in [6, 6.07) is 4.50. The van der Waals surface area contributed by atoms with Crippen molar-refractivity contribution in [1.29, 1.82) is 0 Å². The molecule has 1 saturated carbocycles. The smallest absolute Gasteiger partial charge is 0.288 e. The minimum Gasteiger partial charge on any atom is -0.369 e. The molecule has 8 nitrogen and oxygen atoms in total. The molecule has 122 valence electrons. The molecule has 0 bridgehead atoms. The molecule has 23 heavy (non-hydrogen) atoms. The molecule has 9 heteroatoms. The van der Waals surface area contributed by atoms with Gasteiger partial charge in [-0.2, -0.15) is 4.99 Å². The minimum absolute atomic E-state index is 0.0498. The SMILES string of the molecule is NC1=NC2(CCCCC2)N(c2ccc([N+](=O)[O-])c(Cl)c2)C(N)=N1. The Morgan fingerprint density at radius 2 is 1.96 bits per heavy atom. The molecule has 2 aliphatic rings. The van der Waals surface area contributed by atoms with E-state index in [1.165, 1.54) is 12.1 Å². The zero-order valence-corrected chi connectivity index (χ0v) is 13.2. The van der Waals surface area contributed by atoms with E-state index in [4.69, 9.17) is 23.1 Å². The first-order valence-corrected chi connectivity index (χ1v) is 7.74. The van der Waals surface area contributed by atoms with Crippen molar-refractivity contribution in [3.63, 3.8) is 0 Å². The normalized spacial score (nSPS) is 20.1. The molecular weight excluding hydrogens is 320 g/mol. The van der Waals surface area contributed by atoms with Gasteiger partial charge in [-0.1, -0.05) is 18.0 Å². The standard InChI is InChI=1S/C14H17ClN6O2/c15-10-8-9(4-5-11(10)21(22)23)20-13(17)18-12(16)19-14(20)6-2-1-3-7-14/h4-5,8H,1-3,6-7H2,(H4,16,17,18,19). The fourth-order valence-electron chi connectivity index (χ4n) is 3.28. The Kier molecular flexibility index (Phi) is 3.85. The van der Waals surface area contributed by atoms with Gasteiger partial charge in [0.25, 0.3) is 5.69 Å². The lowest BCUT2D eigenvalue weighted by molar-refractivity contribution is -0.384. The van der Waals surface area contributed by atoms with Crippen molar-refractivity contribution in [2.45, 2.75) is 37.8 Å². The van der Waals surface area contributed by atoms with Gasteiger partial charge in [-0.15, -0.1) is 0 Å². The number of anilines is 1. The lowest BCUT2D eigenvalue weighted by atomic mass is 9.87. The van der Waals surface area contributed by atoms with E-state index in [1.54, 1.807) is 11.0 Å². The van der Waals surface area contributed by atoms with E-state index in [9.17, 15) is 10.1 Å². The van der Waals surface area contributed by atoms with Crippen LogP contribution in [0.4, 0.5) is 11.4 Å². The zero-order chi connectivity index (χ0) is 16.6. The monoisotopic (exact) mass is 336 g/mol. The van der Waals surface area contributed by atoms with E-state index >= 15 is 0 Å². The number of halogens is 1. The highest BCUT2D eigenvalue weighted by Crippen LogP contribution is 2.41. The molecule has 1 aliphatic heterocycles. The van der Waals surface area contributed by atoms with Crippen LogP contribution in [0.3, 0.4) is 0 Å². The minimum atomic E-state index is -0.590. The first-order valence-electron chi connectivity index (χ1n) is 7.37. The first kappa shape index (κ1) is 15.5. The maximum Gasteiger partial charge on any atom is 0.288 e. The van der Waals surface area contributed by atoms with Gasteiger partial charge in [0.15, 0.2) is 0 Å². The third-order valence-corrected chi connectivity index (χ3v) is 4.54. The molecular formula is C14H17ClN6O2. The molecule has 0 saturated heterocycles. The summed E-state index contributed by atoms with van der Waals surface area (Å²) in [6.45, 7) is 0. The Labute approximate surface area is 138 Å². The van der Waals surface area contributed by atoms with Crippen molar-refractivity contribution in [2.24, 2.45) is 21.5 Å². The lowest BCUT2D eigenvalue weighted by Gasteiger charge is -2.45. The first-order chi connectivity index (χ1) is 10.9. The number of benzene rings is 1. The van der Waals surface area contributed by atoms with Crippen molar-refractivity contribution in [3.05, 3.63) is 33.3 Å². The van der Waals surface area contributed by atoms with Crippen molar-refractivity contribution in [2.75, 3.05) is 4.90 Å². The molecule has 0 unspecified atom stereocenters. The number of nitrogens with two attached hydrogens (primary N) is 2. The van der Waals surface area contributed by atoms with Crippen molar-refractivity contribution >= 4 is 34.9 Å².